The first-order valence-corrected chi connectivity index (χ1v) is 6.00. The molecular weight excluding hydrogens is 214 g/mol. The fraction of sp³-hybridized carbons (Fsp3) is 0.571. The zero-order valence-electron chi connectivity index (χ0n) is 11.2. The Morgan fingerprint density at radius 3 is 2.47 bits per heavy atom. The molecule has 0 aliphatic rings. The molecule has 0 aliphatic carbocycles. The molecule has 0 fully saturated rings. The average Bonchev–Trinajstić information content (AvgIpc) is 2.38. The van der Waals surface area contributed by atoms with Gasteiger partial charge in [0.05, 0.1) is 12.7 Å². The molecule has 0 bridgehead atoms. The smallest absolute Gasteiger partial charge is 0.122 e. The minimum atomic E-state index is -0.291. The summed E-state index contributed by atoms with van der Waals surface area (Å²) < 4.78 is 10.9. The molecule has 0 aliphatic heterocycles. The average molecular weight is 237 g/mol. The number of methoxy groups -OCH3 is 2. The summed E-state index contributed by atoms with van der Waals surface area (Å²) in [6.07, 6.45) is 1.64. The lowest BCUT2D eigenvalue weighted by atomic mass is 9.89. The Morgan fingerprint density at radius 2 is 1.94 bits per heavy atom. The molecule has 0 saturated carbocycles. The van der Waals surface area contributed by atoms with E-state index in [4.69, 9.17) is 15.2 Å². The van der Waals surface area contributed by atoms with Gasteiger partial charge in [-0.25, -0.2) is 0 Å². The van der Waals surface area contributed by atoms with E-state index < -0.39 is 0 Å². The number of rotatable bonds is 6. The van der Waals surface area contributed by atoms with Crippen LogP contribution in [0.2, 0.25) is 0 Å². The molecule has 0 radical (unpaired) electrons. The Kier molecular flexibility index (Phi) is 4.97. The Balaban J connectivity index is 2.83. The molecule has 0 spiro atoms. The van der Waals surface area contributed by atoms with E-state index in [1.54, 1.807) is 14.2 Å². The summed E-state index contributed by atoms with van der Waals surface area (Å²) in [6, 6.07) is 7.92. The maximum Gasteiger partial charge on any atom is 0.122 e. The number of benzene rings is 1. The predicted octanol–water partition coefficient (Wildman–Crippen LogP) is 2.38. The van der Waals surface area contributed by atoms with Crippen molar-refractivity contribution in [3.05, 3.63) is 29.8 Å². The van der Waals surface area contributed by atoms with Gasteiger partial charge in [0.1, 0.15) is 5.75 Å². The highest BCUT2D eigenvalue weighted by Gasteiger charge is 2.30. The number of hydrogen-bond donors (Lipinski definition) is 1. The van der Waals surface area contributed by atoms with Gasteiger partial charge in [0.15, 0.2) is 0 Å². The number of para-hydroxylation sites is 1. The van der Waals surface area contributed by atoms with Crippen LogP contribution in [0, 0.1) is 0 Å². The maximum absolute atomic E-state index is 6.25. The topological polar surface area (TPSA) is 44.5 Å². The molecule has 1 rings (SSSR count). The van der Waals surface area contributed by atoms with Crippen LogP contribution in [0.4, 0.5) is 0 Å². The SMILES string of the molecule is CCC(C)(OC)C(N)Cc1ccccc1OC. The molecule has 0 heterocycles. The van der Waals surface area contributed by atoms with Crippen molar-refractivity contribution in [1.29, 1.82) is 0 Å². The first-order valence-electron chi connectivity index (χ1n) is 6.00. The van der Waals surface area contributed by atoms with Gasteiger partial charge in [-0.3, -0.25) is 0 Å². The molecule has 2 unspecified atom stereocenters. The molecule has 0 amide bonds. The van der Waals surface area contributed by atoms with Crippen LogP contribution in [0.3, 0.4) is 0 Å². The Hall–Kier alpha value is -1.06. The van der Waals surface area contributed by atoms with Crippen molar-refractivity contribution >= 4 is 0 Å². The van der Waals surface area contributed by atoms with E-state index in [0.717, 1.165) is 24.2 Å². The highest BCUT2D eigenvalue weighted by molar-refractivity contribution is 5.34. The van der Waals surface area contributed by atoms with Crippen LogP contribution in [-0.4, -0.2) is 25.9 Å². The van der Waals surface area contributed by atoms with Crippen LogP contribution in [0.15, 0.2) is 24.3 Å². The third-order valence-electron chi connectivity index (χ3n) is 3.59. The van der Waals surface area contributed by atoms with Crippen LogP contribution in [-0.2, 0) is 11.2 Å². The van der Waals surface area contributed by atoms with Crippen LogP contribution >= 0.6 is 0 Å². The van der Waals surface area contributed by atoms with Gasteiger partial charge in [-0.1, -0.05) is 25.1 Å². The second kappa shape index (κ2) is 6.03. The fourth-order valence-electron chi connectivity index (χ4n) is 1.88. The third-order valence-corrected chi connectivity index (χ3v) is 3.59. The summed E-state index contributed by atoms with van der Waals surface area (Å²) in [5, 5.41) is 0. The monoisotopic (exact) mass is 237 g/mol. The van der Waals surface area contributed by atoms with Crippen molar-refractivity contribution in [2.24, 2.45) is 5.73 Å². The van der Waals surface area contributed by atoms with Gasteiger partial charge < -0.3 is 15.2 Å². The van der Waals surface area contributed by atoms with Crippen molar-refractivity contribution in [1.82, 2.24) is 0 Å². The summed E-state index contributed by atoms with van der Waals surface area (Å²) in [7, 11) is 3.39. The van der Waals surface area contributed by atoms with Gasteiger partial charge in [0.2, 0.25) is 0 Å². The van der Waals surface area contributed by atoms with E-state index in [-0.39, 0.29) is 11.6 Å². The lowest BCUT2D eigenvalue weighted by Crippen LogP contribution is -2.48. The number of ether oxygens (including phenoxy) is 2. The van der Waals surface area contributed by atoms with Crippen LogP contribution in [0.25, 0.3) is 0 Å². The minimum absolute atomic E-state index is 0.0474. The van der Waals surface area contributed by atoms with Gasteiger partial charge in [-0.05, 0) is 31.4 Å². The van der Waals surface area contributed by atoms with E-state index in [1.807, 2.05) is 31.2 Å². The fourth-order valence-corrected chi connectivity index (χ4v) is 1.88. The zero-order chi connectivity index (χ0) is 12.9. The van der Waals surface area contributed by atoms with E-state index in [2.05, 4.69) is 6.92 Å². The predicted molar refractivity (Wildman–Crippen MR) is 70.4 cm³/mol. The van der Waals surface area contributed by atoms with Crippen LogP contribution < -0.4 is 10.5 Å². The standard InChI is InChI=1S/C14H23NO2/c1-5-14(2,17-4)13(15)10-11-8-6-7-9-12(11)16-3/h6-9,13H,5,10,15H2,1-4H3. The second-order valence-electron chi connectivity index (χ2n) is 4.49. The van der Waals surface area contributed by atoms with Gasteiger partial charge in [-0.2, -0.15) is 0 Å². The molecule has 96 valence electrons. The largest absolute Gasteiger partial charge is 0.496 e. The van der Waals surface area contributed by atoms with Gasteiger partial charge in [0, 0.05) is 13.2 Å². The van der Waals surface area contributed by atoms with Gasteiger partial charge in [0.25, 0.3) is 0 Å². The summed E-state index contributed by atoms with van der Waals surface area (Å²) >= 11 is 0. The highest BCUT2D eigenvalue weighted by Crippen LogP contribution is 2.24. The molecule has 0 aromatic heterocycles. The lowest BCUT2D eigenvalue weighted by molar-refractivity contribution is -0.0185. The maximum atomic E-state index is 6.25. The number of hydrogen-bond acceptors (Lipinski definition) is 3. The molecule has 3 nitrogen and oxygen atoms in total. The molecule has 3 heteroatoms. The molecule has 1 aromatic rings. The van der Waals surface area contributed by atoms with E-state index in [1.165, 1.54) is 0 Å². The summed E-state index contributed by atoms with van der Waals surface area (Å²) in [6.45, 7) is 4.14. The Labute approximate surface area is 104 Å². The molecule has 2 atom stereocenters. The van der Waals surface area contributed by atoms with Gasteiger partial charge >= 0.3 is 0 Å². The third kappa shape index (κ3) is 3.20. The van der Waals surface area contributed by atoms with Gasteiger partial charge in [-0.15, -0.1) is 0 Å². The van der Waals surface area contributed by atoms with E-state index >= 15 is 0 Å². The molecule has 1 aromatic carbocycles. The number of nitrogens with two attached hydrogens (primary N) is 1. The van der Waals surface area contributed by atoms with Crippen LogP contribution in [0.5, 0.6) is 5.75 Å². The summed E-state index contributed by atoms with van der Waals surface area (Å²) in [5.74, 6) is 0.887. The quantitative estimate of drug-likeness (QED) is 0.826. The first-order chi connectivity index (χ1) is 8.07. The van der Waals surface area contributed by atoms with Crippen molar-refractivity contribution in [3.63, 3.8) is 0 Å². The molecular formula is C14H23NO2. The lowest BCUT2D eigenvalue weighted by Gasteiger charge is -2.33. The van der Waals surface area contributed by atoms with Crippen molar-refractivity contribution in [3.8, 4) is 5.75 Å². The minimum Gasteiger partial charge on any atom is -0.496 e. The summed E-state index contributed by atoms with van der Waals surface area (Å²) in [5.41, 5.74) is 7.08. The molecule has 17 heavy (non-hydrogen) atoms. The Bertz CT molecular complexity index is 348. The highest BCUT2D eigenvalue weighted by atomic mass is 16.5. The van der Waals surface area contributed by atoms with Crippen molar-refractivity contribution < 1.29 is 9.47 Å². The summed E-state index contributed by atoms with van der Waals surface area (Å²) in [4.78, 5) is 0. The normalized spacial score (nSPS) is 16.3. The zero-order valence-corrected chi connectivity index (χ0v) is 11.2. The molecule has 2 N–H and O–H groups in total. The first kappa shape index (κ1) is 14.0. The van der Waals surface area contributed by atoms with Crippen LogP contribution in [0.1, 0.15) is 25.8 Å². The van der Waals surface area contributed by atoms with Crippen molar-refractivity contribution in [2.75, 3.05) is 14.2 Å². The Morgan fingerprint density at radius 1 is 1.29 bits per heavy atom. The van der Waals surface area contributed by atoms with Crippen molar-refractivity contribution in [2.45, 2.75) is 38.3 Å². The van der Waals surface area contributed by atoms with E-state index in [0.29, 0.717) is 0 Å². The van der Waals surface area contributed by atoms with E-state index in [9.17, 15) is 0 Å². The second-order valence-corrected chi connectivity index (χ2v) is 4.49. The molecule has 0 saturated heterocycles.